The van der Waals surface area contributed by atoms with Gasteiger partial charge in [0.05, 0.1) is 6.61 Å². The Morgan fingerprint density at radius 2 is 1.48 bits per heavy atom. The summed E-state index contributed by atoms with van der Waals surface area (Å²) in [4.78, 5) is 5.13. The number of ether oxygens (including phenoxy) is 1. The van der Waals surface area contributed by atoms with E-state index < -0.39 is 0 Å². The first-order valence-electron chi connectivity index (χ1n) is 9.26. The quantitative estimate of drug-likeness (QED) is 0.592. The molecule has 0 amide bonds. The standard InChI is InChI=1S/C21H29N3O/c22-20-8-10-21(11-9-20)25-17-5-4-12-23-13-15-24(16-14-23)18-19-6-2-1-3-7-19/h1-3,6-11H,4-5,12-18,22H2. The maximum absolute atomic E-state index is 5.75. The van der Waals surface area contributed by atoms with Gasteiger partial charge in [0.25, 0.3) is 0 Å². The van der Waals surface area contributed by atoms with E-state index in [-0.39, 0.29) is 0 Å². The lowest BCUT2D eigenvalue weighted by molar-refractivity contribution is 0.124. The Labute approximate surface area is 151 Å². The Bertz CT molecular complexity index is 607. The predicted octanol–water partition coefficient (Wildman–Crippen LogP) is 3.25. The molecule has 0 aromatic heterocycles. The molecule has 1 fully saturated rings. The third-order valence-corrected chi connectivity index (χ3v) is 4.73. The summed E-state index contributed by atoms with van der Waals surface area (Å²) in [5.74, 6) is 0.906. The molecule has 2 aromatic rings. The molecule has 0 atom stereocenters. The van der Waals surface area contributed by atoms with Crippen LogP contribution in [0.5, 0.6) is 5.75 Å². The second kappa shape index (κ2) is 9.44. The van der Waals surface area contributed by atoms with Gasteiger partial charge in [-0.15, -0.1) is 0 Å². The molecule has 1 saturated heterocycles. The average molecular weight is 339 g/mol. The molecule has 2 aromatic carbocycles. The molecule has 1 aliphatic heterocycles. The van der Waals surface area contributed by atoms with E-state index >= 15 is 0 Å². The van der Waals surface area contributed by atoms with Gasteiger partial charge in [0.15, 0.2) is 0 Å². The summed E-state index contributed by atoms with van der Waals surface area (Å²) in [7, 11) is 0. The molecule has 0 bridgehead atoms. The van der Waals surface area contributed by atoms with E-state index in [1.807, 2.05) is 24.3 Å². The molecule has 0 aliphatic carbocycles. The maximum atomic E-state index is 5.75. The van der Waals surface area contributed by atoms with Gasteiger partial charge in [0.1, 0.15) is 5.75 Å². The molecular weight excluding hydrogens is 310 g/mol. The summed E-state index contributed by atoms with van der Waals surface area (Å²) < 4.78 is 5.75. The van der Waals surface area contributed by atoms with Crippen LogP contribution in [-0.4, -0.2) is 49.1 Å². The van der Waals surface area contributed by atoms with Crippen LogP contribution < -0.4 is 10.5 Å². The molecule has 4 heteroatoms. The fourth-order valence-electron chi connectivity index (χ4n) is 3.20. The molecule has 25 heavy (non-hydrogen) atoms. The highest BCUT2D eigenvalue weighted by Gasteiger charge is 2.16. The number of piperazine rings is 1. The Balaban J connectivity index is 1.26. The summed E-state index contributed by atoms with van der Waals surface area (Å²) in [6.07, 6.45) is 2.28. The topological polar surface area (TPSA) is 41.7 Å². The first kappa shape index (κ1) is 17.8. The summed E-state index contributed by atoms with van der Waals surface area (Å²) in [5.41, 5.74) is 7.86. The van der Waals surface area contributed by atoms with Crippen molar-refractivity contribution in [2.75, 3.05) is 45.1 Å². The van der Waals surface area contributed by atoms with E-state index in [0.717, 1.165) is 44.1 Å². The molecule has 134 valence electrons. The largest absolute Gasteiger partial charge is 0.494 e. The number of nitrogens with two attached hydrogens (primary N) is 1. The van der Waals surface area contributed by atoms with Crippen LogP contribution in [0.15, 0.2) is 54.6 Å². The minimum atomic E-state index is 0.776. The van der Waals surface area contributed by atoms with Crippen molar-refractivity contribution in [1.82, 2.24) is 9.80 Å². The van der Waals surface area contributed by atoms with Crippen molar-refractivity contribution in [3.05, 3.63) is 60.2 Å². The fraction of sp³-hybridized carbons (Fsp3) is 0.429. The summed E-state index contributed by atoms with van der Waals surface area (Å²) in [6.45, 7) is 7.69. The van der Waals surface area contributed by atoms with Crippen LogP contribution in [0, 0.1) is 0 Å². The van der Waals surface area contributed by atoms with E-state index in [2.05, 4.69) is 40.1 Å². The monoisotopic (exact) mass is 339 g/mol. The molecule has 3 rings (SSSR count). The minimum absolute atomic E-state index is 0.776. The normalized spacial score (nSPS) is 16.0. The Kier molecular flexibility index (Phi) is 6.71. The summed E-state index contributed by atoms with van der Waals surface area (Å²) in [6, 6.07) is 18.4. The Morgan fingerprint density at radius 3 is 2.20 bits per heavy atom. The van der Waals surface area contributed by atoms with Gasteiger partial charge in [0, 0.05) is 38.4 Å². The van der Waals surface area contributed by atoms with E-state index in [9.17, 15) is 0 Å². The van der Waals surface area contributed by atoms with Crippen LogP contribution in [0.3, 0.4) is 0 Å². The van der Waals surface area contributed by atoms with Gasteiger partial charge >= 0.3 is 0 Å². The minimum Gasteiger partial charge on any atom is -0.494 e. The SMILES string of the molecule is Nc1ccc(OCCCCN2CCN(Cc3ccccc3)CC2)cc1. The van der Waals surface area contributed by atoms with Crippen molar-refractivity contribution in [1.29, 1.82) is 0 Å². The van der Waals surface area contributed by atoms with Crippen LogP contribution >= 0.6 is 0 Å². The molecule has 0 radical (unpaired) electrons. The van der Waals surface area contributed by atoms with Gasteiger partial charge in [0.2, 0.25) is 0 Å². The lowest BCUT2D eigenvalue weighted by atomic mass is 10.2. The van der Waals surface area contributed by atoms with E-state index in [0.29, 0.717) is 0 Å². The van der Waals surface area contributed by atoms with Crippen molar-refractivity contribution in [3.63, 3.8) is 0 Å². The van der Waals surface area contributed by atoms with Crippen molar-refractivity contribution < 1.29 is 4.74 Å². The summed E-state index contributed by atoms with van der Waals surface area (Å²) >= 11 is 0. The van der Waals surface area contributed by atoms with E-state index in [1.54, 1.807) is 0 Å². The number of benzene rings is 2. The van der Waals surface area contributed by atoms with Gasteiger partial charge in [-0.1, -0.05) is 30.3 Å². The highest BCUT2D eigenvalue weighted by atomic mass is 16.5. The number of hydrogen-bond acceptors (Lipinski definition) is 4. The van der Waals surface area contributed by atoms with Crippen LogP contribution in [0.25, 0.3) is 0 Å². The second-order valence-electron chi connectivity index (χ2n) is 6.73. The van der Waals surface area contributed by atoms with Gasteiger partial charge in [-0.25, -0.2) is 0 Å². The Hall–Kier alpha value is -2.04. The number of anilines is 1. The van der Waals surface area contributed by atoms with Crippen molar-refractivity contribution >= 4 is 5.69 Å². The maximum Gasteiger partial charge on any atom is 0.119 e. The van der Waals surface area contributed by atoms with Gasteiger partial charge in [-0.3, -0.25) is 4.90 Å². The smallest absolute Gasteiger partial charge is 0.119 e. The Morgan fingerprint density at radius 1 is 0.800 bits per heavy atom. The second-order valence-corrected chi connectivity index (χ2v) is 6.73. The molecular formula is C21H29N3O. The van der Waals surface area contributed by atoms with Gasteiger partial charge < -0.3 is 15.4 Å². The third-order valence-electron chi connectivity index (χ3n) is 4.73. The first-order valence-corrected chi connectivity index (χ1v) is 9.26. The number of nitrogen functional groups attached to an aromatic ring is 1. The molecule has 0 spiro atoms. The van der Waals surface area contributed by atoms with Crippen molar-refractivity contribution in [3.8, 4) is 5.75 Å². The molecule has 0 saturated carbocycles. The zero-order valence-corrected chi connectivity index (χ0v) is 14.9. The molecule has 1 heterocycles. The fourth-order valence-corrected chi connectivity index (χ4v) is 3.20. The zero-order valence-electron chi connectivity index (χ0n) is 14.9. The van der Waals surface area contributed by atoms with Crippen LogP contribution in [0.1, 0.15) is 18.4 Å². The van der Waals surface area contributed by atoms with Gasteiger partial charge in [-0.2, -0.15) is 0 Å². The number of nitrogens with zero attached hydrogens (tertiary/aromatic N) is 2. The molecule has 0 unspecified atom stereocenters. The lowest BCUT2D eigenvalue weighted by Gasteiger charge is -2.34. The van der Waals surface area contributed by atoms with Crippen LogP contribution in [0.4, 0.5) is 5.69 Å². The summed E-state index contributed by atoms with van der Waals surface area (Å²) in [5, 5.41) is 0. The number of hydrogen-bond donors (Lipinski definition) is 1. The number of rotatable bonds is 8. The van der Waals surface area contributed by atoms with Crippen LogP contribution in [0.2, 0.25) is 0 Å². The van der Waals surface area contributed by atoms with Crippen molar-refractivity contribution in [2.24, 2.45) is 0 Å². The third kappa shape index (κ3) is 6.07. The average Bonchev–Trinajstić information content (AvgIpc) is 2.65. The molecule has 4 nitrogen and oxygen atoms in total. The zero-order chi connectivity index (χ0) is 17.3. The predicted molar refractivity (Wildman–Crippen MR) is 104 cm³/mol. The van der Waals surface area contributed by atoms with Crippen molar-refractivity contribution in [2.45, 2.75) is 19.4 Å². The van der Waals surface area contributed by atoms with Crippen LogP contribution in [-0.2, 0) is 6.54 Å². The number of unbranched alkanes of at least 4 members (excludes halogenated alkanes) is 1. The highest BCUT2D eigenvalue weighted by molar-refractivity contribution is 5.41. The highest BCUT2D eigenvalue weighted by Crippen LogP contribution is 2.14. The lowest BCUT2D eigenvalue weighted by Crippen LogP contribution is -2.46. The molecule has 1 aliphatic rings. The first-order chi connectivity index (χ1) is 12.3. The van der Waals surface area contributed by atoms with E-state index in [1.165, 1.54) is 31.6 Å². The molecule has 2 N–H and O–H groups in total. The van der Waals surface area contributed by atoms with Gasteiger partial charge in [-0.05, 0) is 49.2 Å². The van der Waals surface area contributed by atoms with E-state index in [4.69, 9.17) is 10.5 Å².